The van der Waals surface area contributed by atoms with Crippen molar-refractivity contribution in [1.29, 1.82) is 0 Å². The highest BCUT2D eigenvalue weighted by molar-refractivity contribution is 6.30. The van der Waals surface area contributed by atoms with E-state index in [-0.39, 0.29) is 11.4 Å². The van der Waals surface area contributed by atoms with Crippen molar-refractivity contribution < 1.29 is 4.74 Å². The third kappa shape index (κ3) is 2.20. The van der Waals surface area contributed by atoms with Crippen molar-refractivity contribution in [3.63, 3.8) is 0 Å². The van der Waals surface area contributed by atoms with Crippen LogP contribution in [-0.4, -0.2) is 10.2 Å². The number of rotatable bonds is 3. The Bertz CT molecular complexity index is 525. The molecule has 0 aliphatic rings. The molecule has 1 N–H and O–H groups in total. The fourth-order valence-electron chi connectivity index (χ4n) is 1.20. The zero-order valence-electron chi connectivity index (χ0n) is 8.40. The molecular formula is C10H8ClN3O2. The Labute approximate surface area is 96.4 Å². The van der Waals surface area contributed by atoms with Crippen LogP contribution < -0.4 is 4.74 Å². The molecule has 1 aromatic carbocycles. The van der Waals surface area contributed by atoms with Gasteiger partial charge in [-0.1, -0.05) is 11.6 Å². The highest BCUT2D eigenvalue weighted by Crippen LogP contribution is 2.33. The van der Waals surface area contributed by atoms with Crippen LogP contribution in [0.4, 0.5) is 5.69 Å². The van der Waals surface area contributed by atoms with Gasteiger partial charge in [-0.2, -0.15) is 0 Å². The number of halogens is 1. The van der Waals surface area contributed by atoms with Crippen molar-refractivity contribution in [1.82, 2.24) is 10.2 Å². The van der Waals surface area contributed by atoms with Crippen LogP contribution in [-0.2, 0) is 0 Å². The first-order chi connectivity index (χ1) is 7.69. The molecule has 0 atom stereocenters. The van der Waals surface area contributed by atoms with Crippen molar-refractivity contribution in [3.8, 4) is 11.6 Å². The standard InChI is InChI=1S/C10H8ClN3O2/c1-6-4-10(13-12-6)16-9-5-7(11)2-3-8(9)14-15/h2-5H,1H3,(H,12,13). The summed E-state index contributed by atoms with van der Waals surface area (Å²) in [4.78, 5) is 10.5. The van der Waals surface area contributed by atoms with Gasteiger partial charge in [-0.05, 0) is 24.2 Å². The maximum absolute atomic E-state index is 10.5. The van der Waals surface area contributed by atoms with E-state index in [9.17, 15) is 4.91 Å². The topological polar surface area (TPSA) is 67.3 Å². The predicted octanol–water partition coefficient (Wildman–Crippen LogP) is 3.56. The van der Waals surface area contributed by atoms with E-state index in [1.165, 1.54) is 12.1 Å². The molecule has 16 heavy (non-hydrogen) atoms. The number of nitrogens with one attached hydrogen (secondary N) is 1. The maximum Gasteiger partial charge on any atom is 0.238 e. The summed E-state index contributed by atoms with van der Waals surface area (Å²) in [5.41, 5.74) is 1.04. The molecule has 5 nitrogen and oxygen atoms in total. The molecule has 0 saturated heterocycles. The molecule has 6 heteroatoms. The molecule has 82 valence electrons. The summed E-state index contributed by atoms with van der Waals surface area (Å²) in [5.74, 6) is 0.652. The lowest BCUT2D eigenvalue weighted by Gasteiger charge is -2.03. The van der Waals surface area contributed by atoms with Crippen molar-refractivity contribution in [2.45, 2.75) is 6.92 Å². The number of hydrogen-bond acceptors (Lipinski definition) is 4. The van der Waals surface area contributed by atoms with E-state index >= 15 is 0 Å². The summed E-state index contributed by atoms with van der Waals surface area (Å²) in [6, 6.07) is 6.28. The Kier molecular flexibility index (Phi) is 2.87. The van der Waals surface area contributed by atoms with Crippen molar-refractivity contribution in [2.75, 3.05) is 0 Å². The van der Waals surface area contributed by atoms with Crippen LogP contribution in [0.25, 0.3) is 0 Å². The second-order valence-corrected chi connectivity index (χ2v) is 3.63. The van der Waals surface area contributed by atoms with Gasteiger partial charge in [0.25, 0.3) is 0 Å². The van der Waals surface area contributed by atoms with Gasteiger partial charge in [0.1, 0.15) is 0 Å². The van der Waals surface area contributed by atoms with Gasteiger partial charge in [-0.25, -0.2) is 0 Å². The Hall–Kier alpha value is -1.88. The van der Waals surface area contributed by atoms with Crippen molar-refractivity contribution in [3.05, 3.63) is 39.9 Å². The molecule has 0 amide bonds. The molecule has 0 aliphatic heterocycles. The van der Waals surface area contributed by atoms with E-state index in [0.29, 0.717) is 10.9 Å². The first kappa shape index (κ1) is 10.6. The third-order valence-corrected chi connectivity index (χ3v) is 2.15. The van der Waals surface area contributed by atoms with Crippen LogP contribution in [0.3, 0.4) is 0 Å². The second kappa shape index (κ2) is 4.32. The van der Waals surface area contributed by atoms with Gasteiger partial charge in [-0.3, -0.25) is 5.10 Å². The number of aromatic nitrogens is 2. The van der Waals surface area contributed by atoms with Crippen LogP contribution in [0.5, 0.6) is 11.6 Å². The monoisotopic (exact) mass is 237 g/mol. The zero-order chi connectivity index (χ0) is 11.5. The SMILES string of the molecule is Cc1cc(Oc2cc(Cl)ccc2N=O)n[nH]1. The Morgan fingerprint density at radius 3 is 2.88 bits per heavy atom. The molecular weight excluding hydrogens is 230 g/mol. The van der Waals surface area contributed by atoms with E-state index in [4.69, 9.17) is 16.3 Å². The van der Waals surface area contributed by atoms with E-state index < -0.39 is 0 Å². The average Bonchev–Trinajstić information content (AvgIpc) is 2.64. The maximum atomic E-state index is 10.5. The molecule has 0 radical (unpaired) electrons. The third-order valence-electron chi connectivity index (χ3n) is 1.92. The summed E-state index contributed by atoms with van der Waals surface area (Å²) in [7, 11) is 0. The van der Waals surface area contributed by atoms with E-state index in [1.54, 1.807) is 12.1 Å². The van der Waals surface area contributed by atoms with Crippen LogP contribution in [0.1, 0.15) is 5.69 Å². The van der Waals surface area contributed by atoms with Gasteiger partial charge in [0.2, 0.25) is 5.88 Å². The van der Waals surface area contributed by atoms with Gasteiger partial charge in [-0.15, -0.1) is 10.0 Å². The molecule has 0 spiro atoms. The lowest BCUT2D eigenvalue weighted by Crippen LogP contribution is -1.84. The Balaban J connectivity index is 2.32. The first-order valence-electron chi connectivity index (χ1n) is 4.52. The summed E-state index contributed by atoms with van der Waals surface area (Å²) in [6.45, 7) is 1.84. The number of aromatic amines is 1. The lowest BCUT2D eigenvalue weighted by atomic mass is 10.3. The normalized spacial score (nSPS) is 10.1. The largest absolute Gasteiger partial charge is 0.435 e. The molecule has 2 rings (SSSR count). The van der Waals surface area contributed by atoms with E-state index in [1.807, 2.05) is 6.92 Å². The van der Waals surface area contributed by atoms with Crippen molar-refractivity contribution in [2.24, 2.45) is 5.18 Å². The van der Waals surface area contributed by atoms with E-state index in [0.717, 1.165) is 5.69 Å². The van der Waals surface area contributed by atoms with Gasteiger partial charge in [0, 0.05) is 22.8 Å². The minimum absolute atomic E-state index is 0.185. The molecule has 0 unspecified atom stereocenters. The van der Waals surface area contributed by atoms with Crippen LogP contribution in [0, 0.1) is 11.8 Å². The Morgan fingerprint density at radius 1 is 1.44 bits per heavy atom. The number of H-pyrrole nitrogens is 1. The quantitative estimate of drug-likeness (QED) is 0.830. The van der Waals surface area contributed by atoms with Gasteiger partial charge in [0.15, 0.2) is 11.4 Å². The van der Waals surface area contributed by atoms with Crippen LogP contribution in [0.2, 0.25) is 5.02 Å². The Morgan fingerprint density at radius 2 is 2.25 bits per heavy atom. The minimum atomic E-state index is 0.185. The molecule has 0 saturated carbocycles. The number of ether oxygens (including phenoxy) is 1. The summed E-state index contributed by atoms with van der Waals surface area (Å²) >= 11 is 5.79. The van der Waals surface area contributed by atoms with Crippen molar-refractivity contribution >= 4 is 17.3 Å². The second-order valence-electron chi connectivity index (χ2n) is 3.19. The number of nitrogens with zero attached hydrogens (tertiary/aromatic N) is 2. The molecule has 0 bridgehead atoms. The fraction of sp³-hybridized carbons (Fsp3) is 0.100. The fourth-order valence-corrected chi connectivity index (χ4v) is 1.37. The lowest BCUT2D eigenvalue weighted by molar-refractivity contribution is 0.463. The highest BCUT2D eigenvalue weighted by Gasteiger charge is 2.08. The summed E-state index contributed by atoms with van der Waals surface area (Å²) in [5, 5.41) is 9.92. The number of hydrogen-bond donors (Lipinski definition) is 1. The molecule has 1 heterocycles. The number of benzene rings is 1. The molecule has 1 aromatic heterocycles. The minimum Gasteiger partial charge on any atom is -0.435 e. The van der Waals surface area contributed by atoms with Gasteiger partial charge in [0.05, 0.1) is 0 Å². The highest BCUT2D eigenvalue weighted by atomic mass is 35.5. The molecule has 2 aromatic rings. The van der Waals surface area contributed by atoms with Crippen LogP contribution >= 0.6 is 11.6 Å². The average molecular weight is 238 g/mol. The predicted molar refractivity (Wildman–Crippen MR) is 60.3 cm³/mol. The zero-order valence-corrected chi connectivity index (χ0v) is 9.15. The van der Waals surface area contributed by atoms with E-state index in [2.05, 4.69) is 15.4 Å². The smallest absolute Gasteiger partial charge is 0.238 e. The number of nitroso groups, excluding NO2 is 1. The number of aryl methyl sites for hydroxylation is 1. The van der Waals surface area contributed by atoms with Gasteiger partial charge < -0.3 is 4.74 Å². The molecule has 0 aliphatic carbocycles. The molecule has 0 fully saturated rings. The summed E-state index contributed by atoms with van der Waals surface area (Å²) in [6.07, 6.45) is 0. The summed E-state index contributed by atoms with van der Waals surface area (Å²) < 4.78 is 5.38. The first-order valence-corrected chi connectivity index (χ1v) is 4.89. The van der Waals surface area contributed by atoms with Gasteiger partial charge >= 0.3 is 0 Å². The van der Waals surface area contributed by atoms with Crippen LogP contribution in [0.15, 0.2) is 29.4 Å².